The summed E-state index contributed by atoms with van der Waals surface area (Å²) in [7, 11) is 0. The van der Waals surface area contributed by atoms with E-state index in [4.69, 9.17) is 17.0 Å². The van der Waals surface area contributed by atoms with Crippen LogP contribution in [0.2, 0.25) is 0 Å². The van der Waals surface area contributed by atoms with Crippen molar-refractivity contribution in [1.29, 1.82) is 0 Å². The second-order valence-corrected chi connectivity index (χ2v) is 8.87. The summed E-state index contributed by atoms with van der Waals surface area (Å²) in [5, 5.41) is 2.44. The van der Waals surface area contributed by atoms with E-state index in [-0.39, 0.29) is 23.0 Å². The molecule has 0 aliphatic carbocycles. The van der Waals surface area contributed by atoms with Crippen LogP contribution >= 0.6 is 12.2 Å². The average Bonchev–Trinajstić information content (AvgIpc) is 2.81. The molecule has 0 aromatic heterocycles. The highest BCUT2D eigenvalue weighted by Crippen LogP contribution is 2.24. The topological polar surface area (TPSA) is 79.5 Å². The molecule has 6 nitrogen and oxygen atoms in total. The van der Waals surface area contributed by atoms with E-state index in [1.165, 1.54) is 5.56 Å². The monoisotopic (exact) mass is 461 g/mol. The van der Waals surface area contributed by atoms with Crippen LogP contribution < -0.4 is 20.9 Å². The van der Waals surface area contributed by atoms with Gasteiger partial charge in [0.15, 0.2) is 11.7 Å². The maximum absolute atomic E-state index is 12.3. The molecule has 3 aromatic rings. The van der Waals surface area contributed by atoms with Crippen LogP contribution in [-0.4, -0.2) is 23.5 Å². The minimum atomic E-state index is -0.436. The highest BCUT2D eigenvalue weighted by Gasteiger charge is 2.13. The number of nitrogens with one attached hydrogen (secondary N) is 3. The number of carbonyl (C=O) groups is 2. The van der Waals surface area contributed by atoms with Crippen LogP contribution in [-0.2, 0) is 10.2 Å². The highest BCUT2D eigenvalue weighted by atomic mass is 32.1. The van der Waals surface area contributed by atoms with Crippen LogP contribution in [0.25, 0.3) is 11.1 Å². The number of benzene rings is 3. The van der Waals surface area contributed by atoms with Gasteiger partial charge in [0.1, 0.15) is 5.75 Å². The smallest absolute Gasteiger partial charge is 0.269 e. The van der Waals surface area contributed by atoms with Crippen molar-refractivity contribution in [1.82, 2.24) is 16.2 Å². The van der Waals surface area contributed by atoms with E-state index in [0.717, 1.165) is 11.1 Å². The molecule has 0 fully saturated rings. The van der Waals surface area contributed by atoms with E-state index >= 15 is 0 Å². The predicted octanol–water partition coefficient (Wildman–Crippen LogP) is 4.37. The minimum Gasteiger partial charge on any atom is -0.484 e. The lowest BCUT2D eigenvalue weighted by molar-refractivity contribution is -0.121. The fraction of sp³-hybridized carbons (Fsp3) is 0.192. The molecule has 3 aromatic carbocycles. The molecule has 33 heavy (non-hydrogen) atoms. The van der Waals surface area contributed by atoms with Crippen LogP contribution in [0.1, 0.15) is 36.7 Å². The van der Waals surface area contributed by atoms with Crippen molar-refractivity contribution in [3.05, 3.63) is 90.0 Å². The first-order valence-corrected chi connectivity index (χ1v) is 10.9. The zero-order valence-electron chi connectivity index (χ0n) is 18.8. The van der Waals surface area contributed by atoms with Crippen LogP contribution in [0.4, 0.5) is 0 Å². The molecule has 0 atom stereocenters. The summed E-state index contributed by atoms with van der Waals surface area (Å²) in [6.07, 6.45) is 0. The van der Waals surface area contributed by atoms with Crippen molar-refractivity contribution in [2.24, 2.45) is 0 Å². The number of rotatable bonds is 5. The van der Waals surface area contributed by atoms with Gasteiger partial charge in [-0.25, -0.2) is 0 Å². The third-order valence-electron chi connectivity index (χ3n) is 4.89. The molecule has 3 N–H and O–H groups in total. The van der Waals surface area contributed by atoms with Gasteiger partial charge in [-0.05, 0) is 58.6 Å². The summed E-state index contributed by atoms with van der Waals surface area (Å²) in [5.41, 5.74) is 8.75. The summed E-state index contributed by atoms with van der Waals surface area (Å²) >= 11 is 5.06. The number of amides is 2. The van der Waals surface area contributed by atoms with E-state index in [1.54, 1.807) is 12.1 Å². The Morgan fingerprint density at radius 2 is 1.42 bits per heavy atom. The standard InChI is InChI=1S/C26H27N3O3S/c1-26(2,3)21-13-15-22(16-14-21)32-17-23(30)27-25(33)29-28-24(31)20-11-9-19(10-12-20)18-7-5-4-6-8-18/h4-16H,17H2,1-3H3,(H,28,31)(H2,27,29,30,33). The maximum Gasteiger partial charge on any atom is 0.269 e. The van der Waals surface area contributed by atoms with Gasteiger partial charge >= 0.3 is 0 Å². The maximum atomic E-state index is 12.3. The van der Waals surface area contributed by atoms with Crippen molar-refractivity contribution < 1.29 is 14.3 Å². The molecule has 0 aliphatic heterocycles. The van der Waals surface area contributed by atoms with Gasteiger partial charge in [-0.15, -0.1) is 0 Å². The number of thiocarbonyl (C=S) groups is 1. The predicted molar refractivity (Wildman–Crippen MR) is 134 cm³/mol. The summed E-state index contributed by atoms with van der Waals surface area (Å²) < 4.78 is 5.49. The molecule has 0 aliphatic rings. The van der Waals surface area contributed by atoms with Gasteiger partial charge in [-0.2, -0.15) is 0 Å². The SMILES string of the molecule is CC(C)(C)c1ccc(OCC(=O)NC(=S)NNC(=O)c2ccc(-c3ccccc3)cc2)cc1. The molecule has 170 valence electrons. The second kappa shape index (κ2) is 10.7. The third-order valence-corrected chi connectivity index (χ3v) is 5.09. The summed E-state index contributed by atoms with van der Waals surface area (Å²) in [6.45, 7) is 6.18. The fourth-order valence-electron chi connectivity index (χ4n) is 3.02. The molecule has 0 radical (unpaired) electrons. The molecular weight excluding hydrogens is 434 g/mol. The van der Waals surface area contributed by atoms with Crippen LogP contribution in [0.5, 0.6) is 5.75 Å². The Kier molecular flexibility index (Phi) is 7.79. The van der Waals surface area contributed by atoms with Crippen LogP contribution in [0.15, 0.2) is 78.9 Å². The average molecular weight is 462 g/mol. The Labute approximate surface area is 199 Å². The number of ether oxygens (including phenoxy) is 1. The first kappa shape index (κ1) is 23.9. The van der Waals surface area contributed by atoms with Crippen molar-refractivity contribution in [3.63, 3.8) is 0 Å². The lowest BCUT2D eigenvalue weighted by Crippen LogP contribution is -2.49. The Balaban J connectivity index is 1.42. The van der Waals surface area contributed by atoms with E-state index in [0.29, 0.717) is 11.3 Å². The Morgan fingerprint density at radius 3 is 2.03 bits per heavy atom. The second-order valence-electron chi connectivity index (χ2n) is 8.46. The van der Waals surface area contributed by atoms with Gasteiger partial charge in [0.05, 0.1) is 0 Å². The van der Waals surface area contributed by atoms with E-state index in [9.17, 15) is 9.59 Å². The molecule has 0 heterocycles. The van der Waals surface area contributed by atoms with Crippen molar-refractivity contribution in [3.8, 4) is 16.9 Å². The first-order valence-electron chi connectivity index (χ1n) is 10.5. The lowest BCUT2D eigenvalue weighted by atomic mass is 9.87. The van der Waals surface area contributed by atoms with Gasteiger partial charge in [0.2, 0.25) is 0 Å². The first-order chi connectivity index (χ1) is 15.7. The van der Waals surface area contributed by atoms with Gasteiger partial charge < -0.3 is 4.74 Å². The molecule has 0 saturated heterocycles. The summed E-state index contributed by atoms with van der Waals surface area (Å²) in [4.78, 5) is 24.4. The van der Waals surface area contributed by atoms with Gasteiger partial charge in [0, 0.05) is 5.56 Å². The number of carbonyl (C=O) groups excluding carboxylic acids is 2. The molecular formula is C26H27N3O3S. The zero-order valence-corrected chi connectivity index (χ0v) is 19.7. The van der Waals surface area contributed by atoms with E-state index in [2.05, 4.69) is 36.9 Å². The lowest BCUT2D eigenvalue weighted by Gasteiger charge is -2.19. The Morgan fingerprint density at radius 1 is 0.818 bits per heavy atom. The molecule has 7 heteroatoms. The molecule has 0 saturated carbocycles. The summed E-state index contributed by atoms with van der Waals surface area (Å²) in [6, 6.07) is 24.7. The quantitative estimate of drug-likeness (QED) is 0.389. The number of hydrazine groups is 1. The van der Waals surface area contributed by atoms with E-state index < -0.39 is 5.91 Å². The van der Waals surface area contributed by atoms with Crippen molar-refractivity contribution in [2.45, 2.75) is 26.2 Å². The third kappa shape index (κ3) is 7.15. The molecule has 0 unspecified atom stereocenters. The fourth-order valence-corrected chi connectivity index (χ4v) is 3.19. The normalized spacial score (nSPS) is 10.8. The molecule has 0 spiro atoms. The number of hydrogen-bond acceptors (Lipinski definition) is 4. The zero-order chi connectivity index (χ0) is 23.8. The largest absolute Gasteiger partial charge is 0.484 e. The molecule has 0 bridgehead atoms. The Bertz CT molecular complexity index is 1110. The van der Waals surface area contributed by atoms with Crippen LogP contribution in [0.3, 0.4) is 0 Å². The van der Waals surface area contributed by atoms with Gasteiger partial charge in [-0.3, -0.25) is 25.8 Å². The molecule has 3 rings (SSSR count). The Hall–Kier alpha value is -3.71. The highest BCUT2D eigenvalue weighted by molar-refractivity contribution is 7.80. The summed E-state index contributed by atoms with van der Waals surface area (Å²) in [5.74, 6) is -0.223. The van der Waals surface area contributed by atoms with E-state index in [1.807, 2.05) is 66.7 Å². The van der Waals surface area contributed by atoms with Gasteiger partial charge in [-0.1, -0.05) is 75.4 Å². The minimum absolute atomic E-state index is 0.0269. The molecule has 2 amide bonds. The van der Waals surface area contributed by atoms with Crippen molar-refractivity contribution in [2.75, 3.05) is 6.61 Å². The van der Waals surface area contributed by atoms with Crippen molar-refractivity contribution >= 4 is 29.1 Å². The van der Waals surface area contributed by atoms with Crippen LogP contribution in [0, 0.1) is 0 Å². The number of hydrogen-bond donors (Lipinski definition) is 3. The van der Waals surface area contributed by atoms with Gasteiger partial charge in [0.25, 0.3) is 11.8 Å².